The standard InChI is InChI=1S/C26H29FN4O3/c27-21-10-6-19(7-11-21)16-28-23(32)17-30-18-31(22-4-2-1-3-5-22)26(25(30)34)12-14-29(15-13-26)24(33)20-8-9-20/h1-7,10-11,20H,8-9,12-18H2,(H,28,32). The number of para-hydroxylation sites is 1. The number of benzene rings is 2. The molecule has 2 heterocycles. The van der Waals surface area contributed by atoms with Crippen LogP contribution in [0.15, 0.2) is 54.6 Å². The highest BCUT2D eigenvalue weighted by Gasteiger charge is 2.54. The molecule has 2 aliphatic heterocycles. The Hall–Kier alpha value is -3.42. The Morgan fingerprint density at radius 3 is 2.32 bits per heavy atom. The van der Waals surface area contributed by atoms with Gasteiger partial charge in [0.05, 0.1) is 6.67 Å². The van der Waals surface area contributed by atoms with E-state index in [1.807, 2.05) is 35.2 Å². The second-order valence-electron chi connectivity index (χ2n) is 9.44. The van der Waals surface area contributed by atoms with Crippen LogP contribution in [0.3, 0.4) is 0 Å². The molecule has 1 saturated carbocycles. The van der Waals surface area contributed by atoms with Crippen LogP contribution in [0.1, 0.15) is 31.2 Å². The Morgan fingerprint density at radius 1 is 1.00 bits per heavy atom. The van der Waals surface area contributed by atoms with Crippen LogP contribution < -0.4 is 10.2 Å². The van der Waals surface area contributed by atoms with Gasteiger partial charge < -0.3 is 20.0 Å². The molecule has 0 bridgehead atoms. The normalized spacial score (nSPS) is 19.6. The second kappa shape index (κ2) is 9.08. The Kier molecular flexibility index (Phi) is 5.98. The van der Waals surface area contributed by atoms with E-state index in [0.717, 1.165) is 24.1 Å². The summed E-state index contributed by atoms with van der Waals surface area (Å²) in [7, 11) is 0. The third-order valence-electron chi connectivity index (χ3n) is 7.15. The summed E-state index contributed by atoms with van der Waals surface area (Å²) in [6, 6.07) is 15.7. The van der Waals surface area contributed by atoms with Gasteiger partial charge in [-0.3, -0.25) is 14.4 Å². The van der Waals surface area contributed by atoms with Gasteiger partial charge in [-0.05, 0) is 55.5 Å². The van der Waals surface area contributed by atoms with Gasteiger partial charge in [-0.15, -0.1) is 0 Å². The van der Waals surface area contributed by atoms with Gasteiger partial charge in [0, 0.05) is 31.2 Å². The fourth-order valence-electron chi connectivity index (χ4n) is 5.04. The van der Waals surface area contributed by atoms with Crippen molar-refractivity contribution in [1.29, 1.82) is 0 Å². The Morgan fingerprint density at radius 2 is 1.68 bits per heavy atom. The van der Waals surface area contributed by atoms with Crippen molar-refractivity contribution in [2.45, 2.75) is 37.8 Å². The molecule has 3 aliphatic rings. The summed E-state index contributed by atoms with van der Waals surface area (Å²) in [6.45, 7) is 1.65. The van der Waals surface area contributed by atoms with Gasteiger partial charge in [0.2, 0.25) is 11.8 Å². The van der Waals surface area contributed by atoms with Crippen LogP contribution in [0.2, 0.25) is 0 Å². The summed E-state index contributed by atoms with van der Waals surface area (Å²) in [5.41, 5.74) is 0.975. The third kappa shape index (κ3) is 4.36. The average Bonchev–Trinajstić information content (AvgIpc) is 3.68. The minimum Gasteiger partial charge on any atom is -0.350 e. The molecule has 8 heteroatoms. The number of carbonyl (C=O) groups is 3. The summed E-state index contributed by atoms with van der Waals surface area (Å²) < 4.78 is 13.1. The quantitative estimate of drug-likeness (QED) is 0.713. The molecule has 0 aromatic heterocycles. The van der Waals surface area contributed by atoms with E-state index in [2.05, 4.69) is 10.2 Å². The molecule has 2 aromatic rings. The first-order chi connectivity index (χ1) is 16.5. The zero-order valence-corrected chi connectivity index (χ0v) is 19.1. The van der Waals surface area contributed by atoms with Crippen LogP contribution in [-0.4, -0.2) is 59.4 Å². The van der Waals surface area contributed by atoms with Gasteiger partial charge in [0.25, 0.3) is 5.91 Å². The fraction of sp³-hybridized carbons (Fsp3) is 0.423. The number of carbonyl (C=O) groups excluding carboxylic acids is 3. The number of hydrogen-bond acceptors (Lipinski definition) is 4. The van der Waals surface area contributed by atoms with Crippen molar-refractivity contribution < 1.29 is 18.8 Å². The highest BCUT2D eigenvalue weighted by molar-refractivity contribution is 5.96. The van der Waals surface area contributed by atoms with Gasteiger partial charge in [-0.2, -0.15) is 0 Å². The lowest BCUT2D eigenvalue weighted by Gasteiger charge is -2.43. The molecule has 1 N–H and O–H groups in total. The summed E-state index contributed by atoms with van der Waals surface area (Å²) in [5, 5.41) is 2.83. The van der Waals surface area contributed by atoms with E-state index in [1.165, 1.54) is 12.1 Å². The molecule has 3 amide bonds. The number of amides is 3. The Balaban J connectivity index is 1.28. The lowest BCUT2D eigenvalue weighted by Crippen LogP contribution is -2.57. The third-order valence-corrected chi connectivity index (χ3v) is 7.15. The first-order valence-corrected chi connectivity index (χ1v) is 11.9. The predicted octanol–water partition coefficient (Wildman–Crippen LogP) is 2.52. The van der Waals surface area contributed by atoms with E-state index in [-0.39, 0.29) is 42.5 Å². The smallest absolute Gasteiger partial charge is 0.250 e. The van der Waals surface area contributed by atoms with Crippen molar-refractivity contribution in [2.75, 3.05) is 31.2 Å². The number of nitrogens with one attached hydrogen (secondary N) is 1. The molecular formula is C26H29FN4O3. The van der Waals surface area contributed by atoms with E-state index in [0.29, 0.717) is 32.6 Å². The average molecular weight is 465 g/mol. The van der Waals surface area contributed by atoms with Crippen LogP contribution >= 0.6 is 0 Å². The van der Waals surface area contributed by atoms with Crippen molar-refractivity contribution in [3.05, 3.63) is 66.0 Å². The number of likely N-dealkylation sites (tertiary alicyclic amines) is 1. The van der Waals surface area contributed by atoms with Crippen LogP contribution in [0.25, 0.3) is 0 Å². The van der Waals surface area contributed by atoms with Crippen molar-refractivity contribution in [2.24, 2.45) is 5.92 Å². The molecule has 7 nitrogen and oxygen atoms in total. The Labute approximate surface area is 198 Å². The summed E-state index contributed by atoms with van der Waals surface area (Å²) in [6.07, 6.45) is 3.03. The zero-order chi connectivity index (χ0) is 23.7. The summed E-state index contributed by atoms with van der Waals surface area (Å²) >= 11 is 0. The van der Waals surface area contributed by atoms with Gasteiger partial charge in [-0.25, -0.2) is 4.39 Å². The van der Waals surface area contributed by atoms with Gasteiger partial charge in [-0.1, -0.05) is 30.3 Å². The first kappa shape index (κ1) is 22.4. The summed E-state index contributed by atoms with van der Waals surface area (Å²) in [5.74, 6) is -0.270. The Bertz CT molecular complexity index is 1060. The number of anilines is 1. The van der Waals surface area contributed by atoms with Gasteiger partial charge in [0.15, 0.2) is 0 Å². The van der Waals surface area contributed by atoms with E-state index in [4.69, 9.17) is 0 Å². The SMILES string of the molecule is O=C(CN1CN(c2ccccc2)C2(CCN(C(=O)C3CC3)CC2)C1=O)NCc1ccc(F)cc1. The van der Waals surface area contributed by atoms with Crippen molar-refractivity contribution in [1.82, 2.24) is 15.1 Å². The molecule has 5 rings (SSSR count). The first-order valence-electron chi connectivity index (χ1n) is 11.9. The highest BCUT2D eigenvalue weighted by atomic mass is 19.1. The van der Waals surface area contributed by atoms with E-state index in [9.17, 15) is 18.8 Å². The largest absolute Gasteiger partial charge is 0.350 e. The maximum atomic E-state index is 13.7. The molecule has 0 radical (unpaired) electrons. The maximum Gasteiger partial charge on any atom is 0.250 e. The molecule has 1 spiro atoms. The number of piperidine rings is 1. The molecule has 0 unspecified atom stereocenters. The monoisotopic (exact) mass is 464 g/mol. The molecule has 2 aromatic carbocycles. The van der Waals surface area contributed by atoms with E-state index < -0.39 is 5.54 Å². The maximum absolute atomic E-state index is 13.7. The minimum atomic E-state index is -0.751. The molecule has 178 valence electrons. The molecule has 2 saturated heterocycles. The summed E-state index contributed by atoms with van der Waals surface area (Å²) in [4.78, 5) is 44.5. The fourth-order valence-corrected chi connectivity index (χ4v) is 5.04. The van der Waals surface area contributed by atoms with Crippen molar-refractivity contribution >= 4 is 23.4 Å². The number of rotatable bonds is 6. The van der Waals surface area contributed by atoms with Crippen LogP contribution in [0, 0.1) is 11.7 Å². The van der Waals surface area contributed by atoms with Gasteiger partial charge >= 0.3 is 0 Å². The molecule has 34 heavy (non-hydrogen) atoms. The van der Waals surface area contributed by atoms with Crippen molar-refractivity contribution in [3.8, 4) is 0 Å². The molecule has 1 aliphatic carbocycles. The predicted molar refractivity (Wildman–Crippen MR) is 125 cm³/mol. The van der Waals surface area contributed by atoms with Crippen LogP contribution in [-0.2, 0) is 20.9 Å². The lowest BCUT2D eigenvalue weighted by molar-refractivity contribution is -0.140. The number of nitrogens with zero attached hydrogens (tertiary/aromatic N) is 3. The van der Waals surface area contributed by atoms with Crippen LogP contribution in [0.5, 0.6) is 0 Å². The molecule has 3 fully saturated rings. The van der Waals surface area contributed by atoms with E-state index >= 15 is 0 Å². The minimum absolute atomic E-state index is 0.0458. The van der Waals surface area contributed by atoms with Gasteiger partial charge in [0.1, 0.15) is 17.9 Å². The number of halogens is 1. The highest BCUT2D eigenvalue weighted by Crippen LogP contribution is 2.40. The second-order valence-corrected chi connectivity index (χ2v) is 9.44. The molecule has 0 atom stereocenters. The zero-order valence-electron chi connectivity index (χ0n) is 19.1. The molecular weight excluding hydrogens is 435 g/mol. The van der Waals surface area contributed by atoms with E-state index in [1.54, 1.807) is 17.0 Å². The lowest BCUT2D eigenvalue weighted by atomic mass is 9.85. The van der Waals surface area contributed by atoms with Crippen LogP contribution in [0.4, 0.5) is 10.1 Å². The number of hydrogen-bond donors (Lipinski definition) is 1. The van der Waals surface area contributed by atoms with Crippen molar-refractivity contribution in [3.63, 3.8) is 0 Å². The topological polar surface area (TPSA) is 73.0 Å².